The van der Waals surface area contributed by atoms with Gasteiger partial charge in [-0.05, 0) is 31.0 Å². The number of sulfonamides is 1. The van der Waals surface area contributed by atoms with Crippen LogP contribution < -0.4 is 10.0 Å². The molecule has 24 heavy (non-hydrogen) atoms. The number of thioether (sulfide) groups is 1. The summed E-state index contributed by atoms with van der Waals surface area (Å²) in [5.41, 5.74) is 0.594. The average Bonchev–Trinajstić information content (AvgIpc) is 2.53. The molecule has 5 nitrogen and oxygen atoms in total. The van der Waals surface area contributed by atoms with E-state index < -0.39 is 10.0 Å². The van der Waals surface area contributed by atoms with Crippen molar-refractivity contribution in [3.8, 4) is 0 Å². The molecule has 1 saturated carbocycles. The van der Waals surface area contributed by atoms with Crippen LogP contribution in [-0.4, -0.2) is 38.1 Å². The summed E-state index contributed by atoms with van der Waals surface area (Å²) in [6.07, 6.45) is 7.54. The predicted octanol–water partition coefficient (Wildman–Crippen LogP) is 3.51. The Morgan fingerprint density at radius 2 is 2.00 bits per heavy atom. The third-order valence-electron chi connectivity index (χ3n) is 3.81. The van der Waals surface area contributed by atoms with Gasteiger partial charge in [-0.25, -0.2) is 8.42 Å². The Labute approximate surface area is 153 Å². The summed E-state index contributed by atoms with van der Waals surface area (Å²) in [5, 5.41) is 3.86. The molecule has 1 fully saturated rings. The van der Waals surface area contributed by atoms with Gasteiger partial charge in [0.1, 0.15) is 0 Å². The van der Waals surface area contributed by atoms with Gasteiger partial charge in [0, 0.05) is 23.2 Å². The van der Waals surface area contributed by atoms with E-state index in [9.17, 15) is 13.2 Å². The minimum absolute atomic E-state index is 0.271. The molecule has 0 unspecified atom stereocenters. The van der Waals surface area contributed by atoms with E-state index in [-0.39, 0.29) is 11.5 Å². The maximum absolute atomic E-state index is 12.3. The maximum Gasteiger partial charge on any atom is 0.252 e. The Balaban J connectivity index is 1.85. The number of carbonyl (C=O) groups is 1. The first kappa shape index (κ1) is 19.4. The second kappa shape index (κ2) is 8.97. The van der Waals surface area contributed by atoms with Gasteiger partial charge in [-0.2, -0.15) is 11.8 Å². The highest BCUT2D eigenvalue weighted by molar-refractivity contribution is 7.99. The SMILES string of the molecule is CS(=O)(=O)Nc1ccc(Cl)c(C(=O)NCCSC2CCCCC2)c1. The normalized spacial score (nSPS) is 15.9. The van der Waals surface area contributed by atoms with Crippen molar-refractivity contribution in [3.63, 3.8) is 0 Å². The molecule has 2 N–H and O–H groups in total. The van der Waals surface area contributed by atoms with E-state index in [0.717, 1.165) is 12.0 Å². The van der Waals surface area contributed by atoms with Crippen molar-refractivity contribution in [2.45, 2.75) is 37.4 Å². The molecule has 0 aliphatic heterocycles. The Bertz CT molecular complexity index is 674. The molecule has 0 aromatic heterocycles. The molecule has 0 heterocycles. The molecule has 1 aliphatic carbocycles. The summed E-state index contributed by atoms with van der Waals surface area (Å²) in [5.74, 6) is 0.580. The van der Waals surface area contributed by atoms with Gasteiger partial charge in [0.2, 0.25) is 10.0 Å². The lowest BCUT2D eigenvalue weighted by molar-refractivity contribution is 0.0956. The smallest absolute Gasteiger partial charge is 0.252 e. The molecule has 1 aromatic rings. The van der Waals surface area contributed by atoms with E-state index in [1.54, 1.807) is 0 Å². The van der Waals surface area contributed by atoms with Crippen molar-refractivity contribution in [1.29, 1.82) is 0 Å². The van der Waals surface area contributed by atoms with Gasteiger partial charge in [-0.15, -0.1) is 0 Å². The molecule has 134 valence electrons. The lowest BCUT2D eigenvalue weighted by Gasteiger charge is -2.20. The second-order valence-corrected chi connectivity index (χ2v) is 9.52. The summed E-state index contributed by atoms with van der Waals surface area (Å²) in [6.45, 7) is 0.570. The van der Waals surface area contributed by atoms with E-state index in [1.807, 2.05) is 11.8 Å². The predicted molar refractivity (Wildman–Crippen MR) is 102 cm³/mol. The number of anilines is 1. The van der Waals surface area contributed by atoms with Gasteiger partial charge in [-0.1, -0.05) is 30.9 Å². The van der Waals surface area contributed by atoms with Gasteiger partial charge in [0.05, 0.1) is 16.8 Å². The van der Waals surface area contributed by atoms with E-state index in [1.165, 1.54) is 50.3 Å². The number of hydrogen-bond acceptors (Lipinski definition) is 4. The molecule has 1 amide bonds. The highest BCUT2D eigenvalue weighted by Crippen LogP contribution is 2.27. The minimum Gasteiger partial charge on any atom is -0.351 e. The Hall–Kier alpha value is -0.920. The maximum atomic E-state index is 12.3. The van der Waals surface area contributed by atoms with Crippen molar-refractivity contribution < 1.29 is 13.2 Å². The number of rotatable bonds is 7. The first-order valence-corrected chi connectivity index (χ1v) is 11.3. The highest BCUT2D eigenvalue weighted by Gasteiger charge is 2.15. The highest BCUT2D eigenvalue weighted by atomic mass is 35.5. The van der Waals surface area contributed by atoms with E-state index in [0.29, 0.717) is 22.5 Å². The van der Waals surface area contributed by atoms with Crippen LogP contribution in [0.25, 0.3) is 0 Å². The van der Waals surface area contributed by atoms with Crippen molar-refractivity contribution in [3.05, 3.63) is 28.8 Å². The topological polar surface area (TPSA) is 75.3 Å². The molecular weight excluding hydrogens is 368 g/mol. The fraction of sp³-hybridized carbons (Fsp3) is 0.562. The molecule has 0 saturated heterocycles. The summed E-state index contributed by atoms with van der Waals surface area (Å²) in [4.78, 5) is 12.3. The average molecular weight is 391 g/mol. The van der Waals surface area contributed by atoms with Crippen LogP contribution in [-0.2, 0) is 10.0 Å². The van der Waals surface area contributed by atoms with Crippen molar-refractivity contribution >= 4 is 45.0 Å². The molecule has 0 radical (unpaired) electrons. The van der Waals surface area contributed by atoms with E-state index >= 15 is 0 Å². The standard InChI is InChI=1S/C16H23ClN2O3S2/c1-24(21,22)19-12-7-8-15(17)14(11-12)16(20)18-9-10-23-13-5-3-2-4-6-13/h7-8,11,13,19H,2-6,9-10H2,1H3,(H,18,20). The van der Waals surface area contributed by atoms with Gasteiger partial charge in [-0.3, -0.25) is 9.52 Å². The zero-order chi connectivity index (χ0) is 17.6. The summed E-state index contributed by atoms with van der Waals surface area (Å²) >= 11 is 7.96. The first-order chi connectivity index (χ1) is 11.3. The van der Waals surface area contributed by atoms with Crippen LogP contribution in [0.5, 0.6) is 0 Å². The Morgan fingerprint density at radius 3 is 2.67 bits per heavy atom. The van der Waals surface area contributed by atoms with Crippen LogP contribution in [0.3, 0.4) is 0 Å². The third kappa shape index (κ3) is 6.53. The molecule has 2 rings (SSSR count). The molecule has 0 spiro atoms. The number of carbonyl (C=O) groups excluding carboxylic acids is 1. The van der Waals surface area contributed by atoms with Crippen LogP contribution in [0.4, 0.5) is 5.69 Å². The molecule has 0 bridgehead atoms. The monoisotopic (exact) mass is 390 g/mol. The lowest BCUT2D eigenvalue weighted by atomic mass is 10.0. The van der Waals surface area contributed by atoms with E-state index in [2.05, 4.69) is 10.0 Å². The molecule has 0 atom stereocenters. The molecule has 1 aliphatic rings. The van der Waals surface area contributed by atoms with E-state index in [4.69, 9.17) is 11.6 Å². The quantitative estimate of drug-likeness (QED) is 0.698. The number of nitrogens with one attached hydrogen (secondary N) is 2. The van der Waals surface area contributed by atoms with Gasteiger partial charge < -0.3 is 5.32 Å². The van der Waals surface area contributed by atoms with Crippen LogP contribution in [0.2, 0.25) is 5.02 Å². The van der Waals surface area contributed by atoms with Crippen LogP contribution in [0.1, 0.15) is 42.5 Å². The fourth-order valence-electron chi connectivity index (χ4n) is 2.69. The molecule has 8 heteroatoms. The summed E-state index contributed by atoms with van der Waals surface area (Å²) in [7, 11) is -3.39. The van der Waals surface area contributed by atoms with Crippen molar-refractivity contribution in [2.75, 3.05) is 23.3 Å². The minimum atomic E-state index is -3.39. The zero-order valence-corrected chi connectivity index (χ0v) is 16.1. The first-order valence-electron chi connectivity index (χ1n) is 8.02. The lowest BCUT2D eigenvalue weighted by Crippen LogP contribution is -2.27. The van der Waals surface area contributed by atoms with Gasteiger partial charge >= 0.3 is 0 Å². The number of amides is 1. The van der Waals surface area contributed by atoms with Crippen molar-refractivity contribution in [2.24, 2.45) is 0 Å². The van der Waals surface area contributed by atoms with Crippen LogP contribution in [0.15, 0.2) is 18.2 Å². The van der Waals surface area contributed by atoms with Crippen LogP contribution in [0, 0.1) is 0 Å². The fourth-order valence-corrected chi connectivity index (χ4v) is 4.67. The molecule has 1 aromatic carbocycles. The second-order valence-electron chi connectivity index (χ2n) is 5.96. The van der Waals surface area contributed by atoms with Crippen molar-refractivity contribution in [1.82, 2.24) is 5.32 Å². The molecular formula is C16H23ClN2O3S2. The Kier molecular flexibility index (Phi) is 7.25. The van der Waals surface area contributed by atoms with Gasteiger partial charge in [0.15, 0.2) is 0 Å². The third-order valence-corrected chi connectivity index (χ3v) is 6.13. The number of hydrogen-bond donors (Lipinski definition) is 2. The summed E-state index contributed by atoms with van der Waals surface area (Å²) < 4.78 is 24.9. The Morgan fingerprint density at radius 1 is 1.29 bits per heavy atom. The zero-order valence-electron chi connectivity index (χ0n) is 13.7. The van der Waals surface area contributed by atoms with Crippen LogP contribution >= 0.6 is 23.4 Å². The number of benzene rings is 1. The largest absolute Gasteiger partial charge is 0.351 e. The summed E-state index contributed by atoms with van der Waals surface area (Å²) in [6, 6.07) is 4.49. The number of halogens is 1. The van der Waals surface area contributed by atoms with Gasteiger partial charge in [0.25, 0.3) is 5.91 Å².